The molecular formula is C19H24N2O2S. The quantitative estimate of drug-likeness (QED) is 0.823. The largest absolute Gasteiger partial charge is 0.497 e. The molecular weight excluding hydrogens is 320 g/mol. The zero-order valence-corrected chi connectivity index (χ0v) is 15.1. The van der Waals surface area contributed by atoms with Gasteiger partial charge in [-0.2, -0.15) is 0 Å². The Kier molecular flexibility index (Phi) is 5.51. The summed E-state index contributed by atoms with van der Waals surface area (Å²) < 4.78 is 5.26. The first-order valence-corrected chi connectivity index (χ1v) is 9.40. The third kappa shape index (κ3) is 4.15. The van der Waals surface area contributed by atoms with E-state index in [4.69, 9.17) is 4.74 Å². The van der Waals surface area contributed by atoms with Gasteiger partial charge >= 0.3 is 0 Å². The van der Waals surface area contributed by atoms with Crippen molar-refractivity contribution in [3.63, 3.8) is 0 Å². The van der Waals surface area contributed by atoms with E-state index in [0.717, 1.165) is 41.5 Å². The maximum atomic E-state index is 12.4. The number of amides is 1. The number of rotatable bonds is 5. The molecule has 4 nitrogen and oxygen atoms in total. The number of likely N-dealkylation sites (tertiary alicyclic amines) is 1. The highest BCUT2D eigenvalue weighted by molar-refractivity contribution is 7.13. The van der Waals surface area contributed by atoms with Crippen LogP contribution < -0.4 is 4.74 Å². The van der Waals surface area contributed by atoms with Crippen molar-refractivity contribution in [3.05, 3.63) is 35.3 Å². The molecule has 1 atom stereocenters. The van der Waals surface area contributed by atoms with Crippen molar-refractivity contribution in [2.45, 2.75) is 32.6 Å². The molecule has 128 valence electrons. The number of benzene rings is 1. The molecule has 1 saturated heterocycles. The van der Waals surface area contributed by atoms with Crippen molar-refractivity contribution in [2.24, 2.45) is 5.92 Å². The Morgan fingerprint density at radius 1 is 1.46 bits per heavy atom. The molecule has 1 aliphatic heterocycles. The Hall–Kier alpha value is -1.88. The van der Waals surface area contributed by atoms with E-state index in [-0.39, 0.29) is 5.91 Å². The van der Waals surface area contributed by atoms with Crippen molar-refractivity contribution in [1.82, 2.24) is 9.88 Å². The molecule has 0 spiro atoms. The Labute approximate surface area is 147 Å². The molecule has 1 amide bonds. The number of aryl methyl sites for hydroxylation is 1. The summed E-state index contributed by atoms with van der Waals surface area (Å²) in [6.07, 6.45) is 3.63. The molecule has 1 aromatic carbocycles. The number of methoxy groups -OCH3 is 1. The monoisotopic (exact) mass is 344 g/mol. The van der Waals surface area contributed by atoms with E-state index < -0.39 is 0 Å². The molecule has 0 N–H and O–H groups in total. The summed E-state index contributed by atoms with van der Waals surface area (Å²) in [6, 6.07) is 7.92. The molecule has 0 aliphatic carbocycles. The number of hydrogen-bond donors (Lipinski definition) is 0. The predicted molar refractivity (Wildman–Crippen MR) is 97.4 cm³/mol. The van der Waals surface area contributed by atoms with Crippen LogP contribution in [-0.4, -0.2) is 36.0 Å². The average molecular weight is 344 g/mol. The van der Waals surface area contributed by atoms with Crippen molar-refractivity contribution < 1.29 is 9.53 Å². The van der Waals surface area contributed by atoms with Gasteiger partial charge in [-0.1, -0.05) is 19.1 Å². The van der Waals surface area contributed by atoms with Crippen LogP contribution in [0.3, 0.4) is 0 Å². The zero-order valence-electron chi connectivity index (χ0n) is 14.3. The first-order chi connectivity index (χ1) is 11.7. The van der Waals surface area contributed by atoms with Crippen LogP contribution in [0, 0.1) is 5.92 Å². The molecule has 0 saturated carbocycles. The van der Waals surface area contributed by atoms with Crippen LogP contribution in [0.2, 0.25) is 0 Å². The summed E-state index contributed by atoms with van der Waals surface area (Å²) >= 11 is 1.62. The first kappa shape index (κ1) is 17.0. The van der Waals surface area contributed by atoms with Crippen molar-refractivity contribution in [1.29, 1.82) is 0 Å². The van der Waals surface area contributed by atoms with Crippen LogP contribution in [-0.2, 0) is 11.2 Å². The number of ether oxygens (including phenoxy) is 1. The van der Waals surface area contributed by atoms with E-state index in [2.05, 4.69) is 17.3 Å². The maximum absolute atomic E-state index is 12.4. The van der Waals surface area contributed by atoms with Gasteiger partial charge in [0.25, 0.3) is 0 Å². The van der Waals surface area contributed by atoms with Crippen molar-refractivity contribution in [3.8, 4) is 16.3 Å². The third-order valence-electron chi connectivity index (χ3n) is 4.47. The van der Waals surface area contributed by atoms with E-state index in [1.54, 1.807) is 18.4 Å². The van der Waals surface area contributed by atoms with Crippen LogP contribution >= 0.6 is 11.3 Å². The second-order valence-electron chi connectivity index (χ2n) is 6.46. The number of nitrogens with zero attached hydrogens (tertiary/aromatic N) is 2. The minimum absolute atomic E-state index is 0.262. The van der Waals surface area contributed by atoms with E-state index in [9.17, 15) is 4.79 Å². The number of hydrogen-bond acceptors (Lipinski definition) is 4. The molecule has 5 heteroatoms. The molecule has 24 heavy (non-hydrogen) atoms. The number of aromatic nitrogens is 1. The zero-order chi connectivity index (χ0) is 16.9. The Bertz CT molecular complexity index is 698. The first-order valence-electron chi connectivity index (χ1n) is 8.52. The predicted octanol–water partition coefficient (Wildman–Crippen LogP) is 4.01. The van der Waals surface area contributed by atoms with Gasteiger partial charge in [0.05, 0.1) is 12.8 Å². The van der Waals surface area contributed by atoms with Gasteiger partial charge in [0.1, 0.15) is 10.8 Å². The average Bonchev–Trinajstić information content (AvgIpc) is 3.09. The molecule has 1 aromatic heterocycles. The lowest BCUT2D eigenvalue weighted by Crippen LogP contribution is -2.39. The Morgan fingerprint density at radius 2 is 2.33 bits per heavy atom. The van der Waals surface area contributed by atoms with Gasteiger partial charge in [-0.05, 0) is 37.3 Å². The number of thiazole rings is 1. The van der Waals surface area contributed by atoms with E-state index in [1.807, 2.05) is 29.2 Å². The van der Waals surface area contributed by atoms with E-state index >= 15 is 0 Å². The molecule has 1 aliphatic rings. The number of piperidine rings is 1. The minimum atomic E-state index is 0.262. The van der Waals surface area contributed by atoms with Crippen LogP contribution in [0.5, 0.6) is 5.75 Å². The van der Waals surface area contributed by atoms with Crippen LogP contribution in [0.15, 0.2) is 29.6 Å². The minimum Gasteiger partial charge on any atom is -0.497 e. The summed E-state index contributed by atoms with van der Waals surface area (Å²) in [5, 5.41) is 3.03. The summed E-state index contributed by atoms with van der Waals surface area (Å²) in [7, 11) is 1.67. The normalized spacial score (nSPS) is 17.8. The van der Waals surface area contributed by atoms with E-state index in [0.29, 0.717) is 18.8 Å². The smallest absolute Gasteiger partial charge is 0.222 e. The van der Waals surface area contributed by atoms with E-state index in [1.165, 1.54) is 6.42 Å². The standard InChI is InChI=1S/C19H24N2O2S/c1-14-5-4-10-21(12-14)18(22)9-8-16-13-24-19(20-16)15-6-3-7-17(11-15)23-2/h3,6-7,11,13-14H,4-5,8-10,12H2,1-2H3. The van der Waals surface area contributed by atoms with Gasteiger partial charge in [-0.15, -0.1) is 11.3 Å². The SMILES string of the molecule is COc1cccc(-c2nc(CCC(=O)N3CCCC(C)C3)cs2)c1. The highest BCUT2D eigenvalue weighted by Crippen LogP contribution is 2.27. The fourth-order valence-corrected chi connectivity index (χ4v) is 3.97. The topological polar surface area (TPSA) is 42.4 Å². The second-order valence-corrected chi connectivity index (χ2v) is 7.32. The lowest BCUT2D eigenvalue weighted by Gasteiger charge is -2.31. The lowest BCUT2D eigenvalue weighted by molar-refractivity contribution is -0.132. The highest BCUT2D eigenvalue weighted by Gasteiger charge is 2.20. The molecule has 2 aromatic rings. The van der Waals surface area contributed by atoms with Gasteiger partial charge in [0, 0.05) is 30.5 Å². The van der Waals surface area contributed by atoms with Gasteiger partial charge in [0.15, 0.2) is 0 Å². The van der Waals surface area contributed by atoms with Gasteiger partial charge in [0.2, 0.25) is 5.91 Å². The molecule has 0 radical (unpaired) electrons. The third-order valence-corrected chi connectivity index (χ3v) is 5.41. The van der Waals surface area contributed by atoms with Crippen molar-refractivity contribution in [2.75, 3.05) is 20.2 Å². The molecule has 1 fully saturated rings. The fourth-order valence-electron chi connectivity index (χ4n) is 3.12. The fraction of sp³-hybridized carbons (Fsp3) is 0.474. The maximum Gasteiger partial charge on any atom is 0.222 e. The molecule has 2 heterocycles. The van der Waals surface area contributed by atoms with Crippen molar-refractivity contribution >= 4 is 17.2 Å². The molecule has 0 bridgehead atoms. The summed E-state index contributed by atoms with van der Waals surface area (Å²) in [5.41, 5.74) is 2.05. The van der Waals surface area contributed by atoms with Crippen LogP contribution in [0.4, 0.5) is 0 Å². The molecule has 3 rings (SSSR count). The number of carbonyl (C=O) groups excluding carboxylic acids is 1. The van der Waals surface area contributed by atoms with Crippen LogP contribution in [0.1, 0.15) is 31.9 Å². The van der Waals surface area contributed by atoms with Gasteiger partial charge < -0.3 is 9.64 Å². The summed E-state index contributed by atoms with van der Waals surface area (Å²) in [5.74, 6) is 1.72. The Balaban J connectivity index is 1.58. The Morgan fingerprint density at radius 3 is 3.12 bits per heavy atom. The summed E-state index contributed by atoms with van der Waals surface area (Å²) in [6.45, 7) is 4.04. The van der Waals surface area contributed by atoms with Crippen LogP contribution in [0.25, 0.3) is 10.6 Å². The highest BCUT2D eigenvalue weighted by atomic mass is 32.1. The van der Waals surface area contributed by atoms with Gasteiger partial charge in [-0.25, -0.2) is 4.98 Å². The lowest BCUT2D eigenvalue weighted by atomic mass is 10.00. The number of carbonyl (C=O) groups is 1. The second kappa shape index (κ2) is 7.79. The van der Waals surface area contributed by atoms with Gasteiger partial charge in [-0.3, -0.25) is 4.79 Å². The molecule has 1 unspecified atom stereocenters. The summed E-state index contributed by atoms with van der Waals surface area (Å²) in [4.78, 5) is 19.1.